The van der Waals surface area contributed by atoms with E-state index in [0.717, 1.165) is 5.56 Å². The Morgan fingerprint density at radius 3 is 2.72 bits per heavy atom. The van der Waals surface area contributed by atoms with Gasteiger partial charge < -0.3 is 9.73 Å². The molecular weight excluding hydrogens is 378 g/mol. The SMILES string of the molecule is Cc1cccc(NC(=O)Cn2nc(C)c3c(C(F)F)cc(-c4ccco4)nc32)c1. The summed E-state index contributed by atoms with van der Waals surface area (Å²) in [6.45, 7) is 3.39. The maximum absolute atomic E-state index is 13.7. The Morgan fingerprint density at radius 2 is 2.03 bits per heavy atom. The van der Waals surface area contributed by atoms with Crippen LogP contribution in [0.5, 0.6) is 0 Å². The van der Waals surface area contributed by atoms with E-state index in [9.17, 15) is 13.6 Å². The van der Waals surface area contributed by atoms with E-state index in [1.165, 1.54) is 17.0 Å². The smallest absolute Gasteiger partial charge is 0.264 e. The van der Waals surface area contributed by atoms with E-state index in [2.05, 4.69) is 15.4 Å². The Morgan fingerprint density at radius 1 is 1.21 bits per heavy atom. The van der Waals surface area contributed by atoms with Crippen LogP contribution in [0.4, 0.5) is 14.5 Å². The molecule has 0 radical (unpaired) electrons. The van der Waals surface area contributed by atoms with Gasteiger partial charge in [-0.15, -0.1) is 0 Å². The van der Waals surface area contributed by atoms with Gasteiger partial charge in [0, 0.05) is 11.3 Å². The number of nitrogens with zero attached hydrogens (tertiary/aromatic N) is 3. The molecule has 0 bridgehead atoms. The van der Waals surface area contributed by atoms with E-state index in [1.807, 2.05) is 25.1 Å². The number of amides is 1. The van der Waals surface area contributed by atoms with E-state index < -0.39 is 6.43 Å². The quantitative estimate of drug-likeness (QED) is 0.522. The zero-order valence-corrected chi connectivity index (χ0v) is 15.8. The van der Waals surface area contributed by atoms with Crippen molar-refractivity contribution in [2.45, 2.75) is 26.8 Å². The second-order valence-electron chi connectivity index (χ2n) is 6.73. The molecule has 0 fully saturated rings. The van der Waals surface area contributed by atoms with Gasteiger partial charge in [0.15, 0.2) is 11.4 Å². The summed E-state index contributed by atoms with van der Waals surface area (Å²) in [5.74, 6) is 0.0345. The third-order valence-corrected chi connectivity index (χ3v) is 4.51. The summed E-state index contributed by atoms with van der Waals surface area (Å²) in [7, 11) is 0. The van der Waals surface area contributed by atoms with E-state index in [-0.39, 0.29) is 34.7 Å². The predicted octanol–water partition coefficient (Wildman–Crippen LogP) is 4.88. The zero-order valence-electron chi connectivity index (χ0n) is 15.8. The molecule has 0 saturated heterocycles. The minimum absolute atomic E-state index is 0.157. The standard InChI is InChI=1S/C21H18F2N4O2/c1-12-5-3-6-14(9-12)24-18(28)11-27-21-19(13(2)26-27)15(20(22)23)10-16(25-21)17-7-4-8-29-17/h3-10,20H,11H2,1-2H3,(H,24,28). The van der Waals surface area contributed by atoms with Crippen molar-refractivity contribution < 1.29 is 18.0 Å². The number of rotatable bonds is 5. The highest BCUT2D eigenvalue weighted by atomic mass is 19.3. The highest BCUT2D eigenvalue weighted by molar-refractivity contribution is 5.92. The Balaban J connectivity index is 1.73. The Hall–Kier alpha value is -3.55. The van der Waals surface area contributed by atoms with Crippen LogP contribution in [0.1, 0.15) is 23.2 Å². The molecule has 3 heterocycles. The second-order valence-corrected chi connectivity index (χ2v) is 6.73. The number of furan rings is 1. The number of anilines is 1. The molecule has 0 atom stereocenters. The fourth-order valence-electron chi connectivity index (χ4n) is 3.28. The molecule has 8 heteroatoms. The number of hydrogen-bond acceptors (Lipinski definition) is 4. The van der Waals surface area contributed by atoms with Crippen molar-refractivity contribution in [3.63, 3.8) is 0 Å². The number of aromatic nitrogens is 3. The maximum atomic E-state index is 13.7. The first-order valence-corrected chi connectivity index (χ1v) is 8.99. The molecule has 0 spiro atoms. The van der Waals surface area contributed by atoms with Gasteiger partial charge in [0.05, 0.1) is 17.3 Å². The summed E-state index contributed by atoms with van der Waals surface area (Å²) < 4.78 is 34.1. The molecule has 0 aliphatic heterocycles. The van der Waals surface area contributed by atoms with Crippen molar-refractivity contribution in [2.75, 3.05) is 5.32 Å². The van der Waals surface area contributed by atoms with Gasteiger partial charge in [0.25, 0.3) is 6.43 Å². The molecular formula is C21H18F2N4O2. The summed E-state index contributed by atoms with van der Waals surface area (Å²) in [4.78, 5) is 17.0. The van der Waals surface area contributed by atoms with Gasteiger partial charge in [-0.2, -0.15) is 5.10 Å². The molecule has 4 aromatic rings. The van der Waals surface area contributed by atoms with Crippen molar-refractivity contribution in [3.05, 3.63) is 65.5 Å². The third-order valence-electron chi connectivity index (χ3n) is 4.51. The topological polar surface area (TPSA) is 73.0 Å². The van der Waals surface area contributed by atoms with Gasteiger partial charge in [-0.25, -0.2) is 18.4 Å². The Labute approximate surface area is 165 Å². The van der Waals surface area contributed by atoms with E-state index in [1.54, 1.807) is 25.1 Å². The van der Waals surface area contributed by atoms with E-state index in [0.29, 0.717) is 17.1 Å². The van der Waals surface area contributed by atoms with Gasteiger partial charge in [-0.05, 0) is 49.7 Å². The van der Waals surface area contributed by atoms with Crippen molar-refractivity contribution in [2.24, 2.45) is 0 Å². The third kappa shape index (κ3) is 3.73. The lowest BCUT2D eigenvalue weighted by Crippen LogP contribution is -2.20. The zero-order chi connectivity index (χ0) is 20.5. The first kappa shape index (κ1) is 18.8. The molecule has 1 aromatic carbocycles. The molecule has 3 aromatic heterocycles. The van der Waals surface area contributed by atoms with Gasteiger partial charge in [-0.1, -0.05) is 12.1 Å². The molecule has 0 aliphatic carbocycles. The van der Waals surface area contributed by atoms with Crippen LogP contribution < -0.4 is 5.32 Å². The summed E-state index contributed by atoms with van der Waals surface area (Å²) in [5.41, 5.74) is 2.33. The average molecular weight is 396 g/mol. The molecule has 148 valence electrons. The Kier molecular flexibility index (Phi) is 4.84. The van der Waals surface area contributed by atoms with Crippen LogP contribution in [0.2, 0.25) is 0 Å². The summed E-state index contributed by atoms with van der Waals surface area (Å²) in [6.07, 6.45) is -1.27. The van der Waals surface area contributed by atoms with Gasteiger partial charge in [0.1, 0.15) is 12.2 Å². The number of pyridine rings is 1. The molecule has 0 unspecified atom stereocenters. The van der Waals surface area contributed by atoms with Crippen molar-refractivity contribution in [3.8, 4) is 11.5 Å². The van der Waals surface area contributed by atoms with E-state index >= 15 is 0 Å². The first-order valence-electron chi connectivity index (χ1n) is 8.99. The number of benzene rings is 1. The molecule has 0 aliphatic rings. The average Bonchev–Trinajstić information content (AvgIpc) is 3.30. The molecule has 1 amide bonds. The van der Waals surface area contributed by atoms with Crippen molar-refractivity contribution >= 4 is 22.6 Å². The number of aryl methyl sites for hydroxylation is 2. The van der Waals surface area contributed by atoms with Crippen LogP contribution in [0, 0.1) is 13.8 Å². The van der Waals surface area contributed by atoms with Crippen LogP contribution in [-0.2, 0) is 11.3 Å². The highest BCUT2D eigenvalue weighted by Gasteiger charge is 2.22. The summed E-state index contributed by atoms with van der Waals surface area (Å²) in [6, 6.07) is 12.0. The lowest BCUT2D eigenvalue weighted by molar-refractivity contribution is -0.116. The number of hydrogen-bond donors (Lipinski definition) is 1. The Bertz CT molecular complexity index is 1180. The molecule has 1 N–H and O–H groups in total. The minimum Gasteiger partial charge on any atom is -0.463 e. The lowest BCUT2D eigenvalue weighted by Gasteiger charge is -2.08. The number of halogens is 2. The predicted molar refractivity (Wildman–Crippen MR) is 105 cm³/mol. The van der Waals surface area contributed by atoms with E-state index in [4.69, 9.17) is 4.42 Å². The van der Waals surface area contributed by atoms with Crippen molar-refractivity contribution in [1.82, 2.24) is 14.8 Å². The van der Waals surface area contributed by atoms with Crippen LogP contribution >= 0.6 is 0 Å². The number of carbonyl (C=O) groups excluding carboxylic acids is 1. The van der Waals surface area contributed by atoms with Crippen LogP contribution in [0.25, 0.3) is 22.5 Å². The fraction of sp³-hybridized carbons (Fsp3) is 0.190. The number of fused-ring (bicyclic) bond motifs is 1. The molecule has 6 nitrogen and oxygen atoms in total. The van der Waals surface area contributed by atoms with Crippen LogP contribution in [-0.4, -0.2) is 20.7 Å². The lowest BCUT2D eigenvalue weighted by atomic mass is 10.1. The van der Waals surface area contributed by atoms with Crippen molar-refractivity contribution in [1.29, 1.82) is 0 Å². The molecule has 0 saturated carbocycles. The number of nitrogens with one attached hydrogen (secondary N) is 1. The van der Waals surface area contributed by atoms with Gasteiger partial charge >= 0.3 is 0 Å². The number of carbonyl (C=O) groups is 1. The molecule has 29 heavy (non-hydrogen) atoms. The van der Waals surface area contributed by atoms with Gasteiger partial charge in [0.2, 0.25) is 5.91 Å². The summed E-state index contributed by atoms with van der Waals surface area (Å²) >= 11 is 0. The largest absolute Gasteiger partial charge is 0.463 e. The maximum Gasteiger partial charge on any atom is 0.264 e. The first-order chi connectivity index (χ1) is 13.9. The second kappa shape index (κ2) is 7.46. The van der Waals surface area contributed by atoms with Crippen LogP contribution in [0.15, 0.2) is 53.1 Å². The minimum atomic E-state index is -2.72. The molecule has 4 rings (SSSR count). The highest BCUT2D eigenvalue weighted by Crippen LogP contribution is 2.33. The fourth-order valence-corrected chi connectivity index (χ4v) is 3.28. The number of alkyl halides is 2. The normalized spacial score (nSPS) is 11.3. The van der Waals surface area contributed by atoms with Gasteiger partial charge in [-0.3, -0.25) is 4.79 Å². The van der Waals surface area contributed by atoms with Crippen LogP contribution in [0.3, 0.4) is 0 Å². The summed E-state index contributed by atoms with van der Waals surface area (Å²) in [5, 5.41) is 7.32. The monoisotopic (exact) mass is 396 g/mol.